The van der Waals surface area contributed by atoms with Crippen LogP contribution in [0.4, 0.5) is 0 Å². The van der Waals surface area contributed by atoms with Gasteiger partial charge in [0.15, 0.2) is 0 Å². The summed E-state index contributed by atoms with van der Waals surface area (Å²) in [7, 11) is 0. The lowest BCUT2D eigenvalue weighted by molar-refractivity contribution is -0.114. The van der Waals surface area contributed by atoms with Gasteiger partial charge in [0.25, 0.3) is 0 Å². The van der Waals surface area contributed by atoms with E-state index >= 15 is 0 Å². The molecule has 0 atom stereocenters. The van der Waals surface area contributed by atoms with E-state index in [1.165, 1.54) is 6.33 Å². The van der Waals surface area contributed by atoms with Crippen LogP contribution in [0.1, 0.15) is 5.69 Å². The molecule has 0 radical (unpaired) electrons. The zero-order valence-electron chi connectivity index (χ0n) is 6.53. The third-order valence-corrected chi connectivity index (χ3v) is 1.39. The van der Waals surface area contributed by atoms with Crippen molar-refractivity contribution in [3.05, 3.63) is 36.4 Å². The minimum Gasteiger partial charge on any atom is -0.366 e. The van der Waals surface area contributed by atoms with Crippen molar-refractivity contribution in [2.24, 2.45) is 5.73 Å². The number of carbonyl (C=O) groups excluding carboxylic acids is 1. The second-order valence-corrected chi connectivity index (χ2v) is 2.35. The van der Waals surface area contributed by atoms with Gasteiger partial charge in [0.1, 0.15) is 6.33 Å². The highest BCUT2D eigenvalue weighted by Gasteiger charge is 2.02. The van der Waals surface area contributed by atoms with E-state index in [1.807, 2.05) is 0 Å². The molecule has 2 N–H and O–H groups in total. The number of carbonyl (C=O) groups is 1. The molecule has 0 bridgehead atoms. The maximum atomic E-state index is 10.6. The van der Waals surface area contributed by atoms with Gasteiger partial charge in [-0.25, -0.2) is 9.97 Å². The largest absolute Gasteiger partial charge is 0.366 e. The van der Waals surface area contributed by atoms with Gasteiger partial charge >= 0.3 is 0 Å². The smallest absolute Gasteiger partial charge is 0.244 e. The third-order valence-electron chi connectivity index (χ3n) is 1.39. The molecule has 0 spiro atoms. The summed E-state index contributed by atoms with van der Waals surface area (Å²) >= 11 is 0. The molecule has 0 unspecified atom stereocenters. The van der Waals surface area contributed by atoms with Gasteiger partial charge in [0.05, 0.1) is 0 Å². The van der Waals surface area contributed by atoms with Gasteiger partial charge in [0.2, 0.25) is 5.91 Å². The summed E-state index contributed by atoms with van der Waals surface area (Å²) in [4.78, 5) is 18.2. The van der Waals surface area contributed by atoms with Crippen LogP contribution < -0.4 is 5.73 Å². The fraction of sp³-hybridized carbons (Fsp3) is 0.125. The third kappa shape index (κ3) is 2.16. The van der Waals surface area contributed by atoms with Crippen LogP contribution in [-0.2, 0) is 11.2 Å². The number of hydrogen-bond donors (Lipinski definition) is 1. The van der Waals surface area contributed by atoms with Gasteiger partial charge in [0, 0.05) is 23.9 Å². The van der Waals surface area contributed by atoms with E-state index in [4.69, 9.17) is 5.73 Å². The molecule has 0 aliphatic carbocycles. The second-order valence-electron chi connectivity index (χ2n) is 2.35. The maximum absolute atomic E-state index is 10.6. The quantitative estimate of drug-likeness (QED) is 0.640. The van der Waals surface area contributed by atoms with Crippen LogP contribution in [0.3, 0.4) is 0 Å². The molecule has 1 heterocycles. The SMILES string of the molecule is C=C(Cc1ccncn1)C(N)=O. The Hall–Kier alpha value is -1.71. The molecule has 0 aromatic carbocycles. The average Bonchev–Trinajstić information content (AvgIpc) is 2.06. The summed E-state index contributed by atoms with van der Waals surface area (Å²) in [6.07, 6.45) is 3.41. The van der Waals surface area contributed by atoms with Crippen molar-refractivity contribution in [2.45, 2.75) is 6.42 Å². The Kier molecular flexibility index (Phi) is 2.53. The van der Waals surface area contributed by atoms with E-state index in [9.17, 15) is 4.79 Å². The molecule has 0 saturated carbocycles. The molecule has 1 aromatic heterocycles. The van der Waals surface area contributed by atoms with E-state index in [1.54, 1.807) is 12.3 Å². The Morgan fingerprint density at radius 1 is 1.67 bits per heavy atom. The highest BCUT2D eigenvalue weighted by atomic mass is 16.1. The van der Waals surface area contributed by atoms with Crippen LogP contribution in [0.25, 0.3) is 0 Å². The molecule has 0 aliphatic rings. The summed E-state index contributed by atoms with van der Waals surface area (Å²) in [5.74, 6) is -0.492. The van der Waals surface area contributed by atoms with Crippen molar-refractivity contribution in [3.63, 3.8) is 0 Å². The minimum absolute atomic E-state index is 0.355. The Morgan fingerprint density at radius 2 is 2.42 bits per heavy atom. The van der Waals surface area contributed by atoms with Crippen LogP contribution in [0.2, 0.25) is 0 Å². The topological polar surface area (TPSA) is 68.9 Å². The van der Waals surface area contributed by atoms with E-state index in [-0.39, 0.29) is 0 Å². The lowest BCUT2D eigenvalue weighted by Gasteiger charge is -1.98. The summed E-state index contributed by atoms with van der Waals surface area (Å²) in [6.45, 7) is 3.51. The van der Waals surface area contributed by atoms with Crippen molar-refractivity contribution in [1.29, 1.82) is 0 Å². The molecular weight excluding hydrogens is 154 g/mol. The first-order chi connectivity index (χ1) is 5.70. The lowest BCUT2D eigenvalue weighted by atomic mass is 10.1. The van der Waals surface area contributed by atoms with E-state index in [0.29, 0.717) is 12.0 Å². The van der Waals surface area contributed by atoms with Crippen molar-refractivity contribution < 1.29 is 4.79 Å². The molecule has 4 nitrogen and oxygen atoms in total. The predicted octanol–water partition coefficient (Wildman–Crippen LogP) is 0.0606. The van der Waals surface area contributed by atoms with Gasteiger partial charge < -0.3 is 5.73 Å². The number of amides is 1. The standard InChI is InChI=1S/C8H9N3O/c1-6(8(9)12)4-7-2-3-10-5-11-7/h2-3,5H,1,4H2,(H2,9,12). The van der Waals surface area contributed by atoms with Crippen molar-refractivity contribution in [1.82, 2.24) is 9.97 Å². The first kappa shape index (κ1) is 8.39. The van der Waals surface area contributed by atoms with Gasteiger partial charge in [-0.05, 0) is 6.07 Å². The van der Waals surface area contributed by atoms with E-state index in [2.05, 4.69) is 16.5 Å². The first-order valence-corrected chi connectivity index (χ1v) is 3.42. The normalized spacial score (nSPS) is 9.33. The Balaban J connectivity index is 2.65. The van der Waals surface area contributed by atoms with Crippen molar-refractivity contribution in [3.8, 4) is 0 Å². The van der Waals surface area contributed by atoms with Crippen LogP contribution in [0, 0.1) is 0 Å². The fourth-order valence-electron chi connectivity index (χ4n) is 0.728. The predicted molar refractivity (Wildman–Crippen MR) is 44.1 cm³/mol. The molecule has 4 heteroatoms. The molecule has 0 saturated heterocycles. The van der Waals surface area contributed by atoms with E-state index in [0.717, 1.165) is 5.69 Å². The van der Waals surface area contributed by atoms with Crippen molar-refractivity contribution >= 4 is 5.91 Å². The lowest BCUT2D eigenvalue weighted by Crippen LogP contribution is -2.14. The molecule has 1 amide bonds. The highest BCUT2D eigenvalue weighted by molar-refractivity contribution is 5.91. The summed E-state index contributed by atoms with van der Waals surface area (Å²) in [5.41, 5.74) is 6.10. The van der Waals surface area contributed by atoms with Gasteiger partial charge in [-0.3, -0.25) is 4.79 Å². The monoisotopic (exact) mass is 163 g/mol. The van der Waals surface area contributed by atoms with Gasteiger partial charge in [-0.15, -0.1) is 0 Å². The Morgan fingerprint density at radius 3 is 2.92 bits per heavy atom. The molecule has 12 heavy (non-hydrogen) atoms. The molecule has 1 rings (SSSR count). The van der Waals surface area contributed by atoms with Gasteiger partial charge in [-0.1, -0.05) is 6.58 Å². The molecule has 0 fully saturated rings. The van der Waals surface area contributed by atoms with E-state index < -0.39 is 5.91 Å². The zero-order chi connectivity index (χ0) is 8.97. The Labute approximate surface area is 70.1 Å². The van der Waals surface area contributed by atoms with Crippen LogP contribution >= 0.6 is 0 Å². The number of aromatic nitrogens is 2. The van der Waals surface area contributed by atoms with Crippen molar-refractivity contribution in [2.75, 3.05) is 0 Å². The molecule has 1 aromatic rings. The van der Waals surface area contributed by atoms with Gasteiger partial charge in [-0.2, -0.15) is 0 Å². The molecule has 0 aliphatic heterocycles. The highest BCUT2D eigenvalue weighted by Crippen LogP contribution is 2.00. The fourth-order valence-corrected chi connectivity index (χ4v) is 0.728. The minimum atomic E-state index is -0.492. The number of nitrogens with zero attached hydrogens (tertiary/aromatic N) is 2. The molecule has 62 valence electrons. The number of rotatable bonds is 3. The zero-order valence-corrected chi connectivity index (χ0v) is 6.53. The Bertz CT molecular complexity index is 294. The number of hydrogen-bond acceptors (Lipinski definition) is 3. The number of nitrogens with two attached hydrogens (primary N) is 1. The summed E-state index contributed by atoms with van der Waals surface area (Å²) in [6, 6.07) is 1.72. The molecular formula is C8H9N3O. The second kappa shape index (κ2) is 3.61. The summed E-state index contributed by atoms with van der Waals surface area (Å²) in [5, 5.41) is 0. The van der Waals surface area contributed by atoms with Crippen LogP contribution in [0.15, 0.2) is 30.7 Å². The van der Waals surface area contributed by atoms with Crippen LogP contribution in [0.5, 0.6) is 0 Å². The maximum Gasteiger partial charge on any atom is 0.244 e. The summed E-state index contributed by atoms with van der Waals surface area (Å²) < 4.78 is 0. The number of primary amides is 1. The average molecular weight is 163 g/mol. The van der Waals surface area contributed by atoms with Crippen LogP contribution in [-0.4, -0.2) is 15.9 Å². The first-order valence-electron chi connectivity index (χ1n) is 3.42.